The van der Waals surface area contributed by atoms with Gasteiger partial charge in [0.1, 0.15) is 0 Å². The Balaban J connectivity index is 1.57. The number of epoxide rings is 1. The Hall–Kier alpha value is -0.570. The van der Waals surface area contributed by atoms with E-state index in [0.717, 1.165) is 25.2 Å². The van der Waals surface area contributed by atoms with Gasteiger partial charge in [-0.15, -0.1) is 0 Å². The van der Waals surface area contributed by atoms with Crippen molar-refractivity contribution < 1.29 is 14.3 Å². The van der Waals surface area contributed by atoms with E-state index in [1.807, 2.05) is 13.8 Å². The Labute approximate surface area is 136 Å². The maximum absolute atomic E-state index is 12.1. The SMILES string of the molecule is CCC(C)OC(=O)C1(CCCCCC2CCCCCC2)CO1. The quantitative estimate of drug-likeness (QED) is 0.260. The van der Waals surface area contributed by atoms with E-state index in [-0.39, 0.29) is 12.1 Å². The topological polar surface area (TPSA) is 38.8 Å². The molecule has 0 aromatic carbocycles. The van der Waals surface area contributed by atoms with E-state index in [4.69, 9.17) is 9.47 Å². The molecule has 0 amide bonds. The summed E-state index contributed by atoms with van der Waals surface area (Å²) in [6.45, 7) is 4.54. The fourth-order valence-electron chi connectivity index (χ4n) is 3.50. The molecule has 3 nitrogen and oxygen atoms in total. The van der Waals surface area contributed by atoms with E-state index in [2.05, 4.69) is 0 Å². The van der Waals surface area contributed by atoms with E-state index in [9.17, 15) is 4.79 Å². The smallest absolute Gasteiger partial charge is 0.341 e. The molecule has 1 aliphatic heterocycles. The van der Waals surface area contributed by atoms with Crippen LogP contribution in [-0.2, 0) is 14.3 Å². The Morgan fingerprint density at radius 2 is 1.86 bits per heavy atom. The predicted octanol–water partition coefficient (Wildman–Crippen LogP) is 5.02. The van der Waals surface area contributed by atoms with Crippen LogP contribution in [0.2, 0.25) is 0 Å². The van der Waals surface area contributed by atoms with Crippen LogP contribution in [0, 0.1) is 5.92 Å². The number of hydrogen-bond donors (Lipinski definition) is 0. The molecule has 1 heterocycles. The van der Waals surface area contributed by atoms with Crippen molar-refractivity contribution in [1.29, 1.82) is 0 Å². The molecule has 0 aromatic heterocycles. The number of unbranched alkanes of at least 4 members (excludes halogenated alkanes) is 2. The van der Waals surface area contributed by atoms with Crippen LogP contribution in [-0.4, -0.2) is 24.3 Å². The molecule has 3 heteroatoms. The Morgan fingerprint density at radius 1 is 1.18 bits per heavy atom. The van der Waals surface area contributed by atoms with Gasteiger partial charge in [-0.25, -0.2) is 4.79 Å². The van der Waals surface area contributed by atoms with Crippen molar-refractivity contribution in [3.05, 3.63) is 0 Å². The minimum Gasteiger partial charge on any atom is -0.460 e. The number of hydrogen-bond acceptors (Lipinski definition) is 3. The molecule has 2 unspecified atom stereocenters. The largest absolute Gasteiger partial charge is 0.460 e. The summed E-state index contributed by atoms with van der Waals surface area (Å²) in [5, 5.41) is 0. The number of carbonyl (C=O) groups excluding carboxylic acids is 1. The van der Waals surface area contributed by atoms with Crippen molar-refractivity contribution in [3.63, 3.8) is 0 Å². The minimum atomic E-state index is -0.578. The second-order valence-corrected chi connectivity index (χ2v) is 7.36. The van der Waals surface area contributed by atoms with Crippen molar-refractivity contribution in [3.8, 4) is 0 Å². The lowest BCUT2D eigenvalue weighted by atomic mass is 9.93. The van der Waals surface area contributed by atoms with Crippen LogP contribution in [0.1, 0.15) is 90.9 Å². The molecule has 1 aliphatic carbocycles. The molecular formula is C19H34O3. The first-order valence-electron chi connectivity index (χ1n) is 9.51. The maximum Gasteiger partial charge on any atom is 0.341 e. The molecular weight excluding hydrogens is 276 g/mol. The van der Waals surface area contributed by atoms with Gasteiger partial charge in [-0.1, -0.05) is 64.7 Å². The summed E-state index contributed by atoms with van der Waals surface area (Å²) < 4.78 is 10.9. The number of carbonyl (C=O) groups is 1. The molecule has 0 spiro atoms. The third-order valence-corrected chi connectivity index (χ3v) is 5.42. The van der Waals surface area contributed by atoms with Gasteiger partial charge in [0, 0.05) is 0 Å². The van der Waals surface area contributed by atoms with E-state index in [1.54, 1.807) is 0 Å². The molecule has 1 saturated carbocycles. The van der Waals surface area contributed by atoms with E-state index >= 15 is 0 Å². The summed E-state index contributed by atoms with van der Waals surface area (Å²) in [6, 6.07) is 0. The van der Waals surface area contributed by atoms with Crippen LogP contribution in [0.15, 0.2) is 0 Å². The van der Waals surface area contributed by atoms with E-state index < -0.39 is 5.60 Å². The standard InChI is InChI=1S/C19H34O3/c1-3-16(2)22-18(20)19(15-21-19)14-10-6-9-13-17-11-7-4-5-8-12-17/h16-17H,3-15H2,1-2H3. The van der Waals surface area contributed by atoms with Gasteiger partial charge in [0.25, 0.3) is 0 Å². The first-order chi connectivity index (χ1) is 10.7. The highest BCUT2D eigenvalue weighted by molar-refractivity contribution is 5.82. The third kappa shape index (κ3) is 5.57. The van der Waals surface area contributed by atoms with Gasteiger partial charge >= 0.3 is 5.97 Å². The zero-order valence-corrected chi connectivity index (χ0v) is 14.6. The van der Waals surface area contributed by atoms with Crippen LogP contribution >= 0.6 is 0 Å². The van der Waals surface area contributed by atoms with Gasteiger partial charge in [0.2, 0.25) is 0 Å². The number of esters is 1. The highest BCUT2D eigenvalue weighted by Gasteiger charge is 2.53. The van der Waals surface area contributed by atoms with Gasteiger partial charge in [-0.3, -0.25) is 0 Å². The van der Waals surface area contributed by atoms with Gasteiger partial charge in [0.05, 0.1) is 12.7 Å². The maximum atomic E-state index is 12.1. The van der Waals surface area contributed by atoms with Crippen LogP contribution in [0.5, 0.6) is 0 Å². The van der Waals surface area contributed by atoms with Crippen LogP contribution in [0.4, 0.5) is 0 Å². The minimum absolute atomic E-state index is 0.00353. The number of ether oxygens (including phenoxy) is 2. The van der Waals surface area contributed by atoms with Crippen LogP contribution in [0.25, 0.3) is 0 Å². The molecule has 0 aromatic rings. The third-order valence-electron chi connectivity index (χ3n) is 5.42. The lowest BCUT2D eigenvalue weighted by Crippen LogP contribution is -2.30. The first-order valence-corrected chi connectivity index (χ1v) is 9.51. The lowest BCUT2D eigenvalue weighted by molar-refractivity contribution is -0.155. The summed E-state index contributed by atoms with van der Waals surface area (Å²) in [6.07, 6.45) is 15.3. The Bertz CT molecular complexity index is 328. The number of rotatable bonds is 9. The van der Waals surface area contributed by atoms with Gasteiger partial charge in [-0.2, -0.15) is 0 Å². The zero-order valence-electron chi connectivity index (χ0n) is 14.6. The molecule has 2 rings (SSSR count). The summed E-state index contributed by atoms with van der Waals surface area (Å²) in [7, 11) is 0. The fraction of sp³-hybridized carbons (Fsp3) is 0.947. The van der Waals surface area contributed by atoms with Gasteiger partial charge < -0.3 is 9.47 Å². The second kappa shape index (κ2) is 8.90. The van der Waals surface area contributed by atoms with Crippen LogP contribution < -0.4 is 0 Å². The highest BCUT2D eigenvalue weighted by Crippen LogP contribution is 2.35. The second-order valence-electron chi connectivity index (χ2n) is 7.36. The summed E-state index contributed by atoms with van der Waals surface area (Å²) in [4.78, 5) is 12.1. The molecule has 2 fully saturated rings. The van der Waals surface area contributed by atoms with Crippen molar-refractivity contribution >= 4 is 5.97 Å². The van der Waals surface area contributed by atoms with Crippen molar-refractivity contribution in [2.45, 2.75) is 103 Å². The fourth-order valence-corrected chi connectivity index (χ4v) is 3.50. The van der Waals surface area contributed by atoms with Crippen molar-refractivity contribution in [2.75, 3.05) is 6.61 Å². The van der Waals surface area contributed by atoms with E-state index in [1.165, 1.54) is 57.8 Å². The highest BCUT2D eigenvalue weighted by atomic mass is 16.6. The van der Waals surface area contributed by atoms with Crippen LogP contribution in [0.3, 0.4) is 0 Å². The summed E-state index contributed by atoms with van der Waals surface area (Å²) in [5.41, 5.74) is -0.578. The predicted molar refractivity (Wildman–Crippen MR) is 88.8 cm³/mol. The molecule has 0 bridgehead atoms. The molecule has 2 atom stereocenters. The van der Waals surface area contributed by atoms with Gasteiger partial charge in [-0.05, 0) is 32.1 Å². The average molecular weight is 310 g/mol. The lowest BCUT2D eigenvalue weighted by Gasteiger charge is -2.16. The zero-order chi connectivity index (χ0) is 15.8. The Kier molecular flexibility index (Phi) is 7.20. The molecule has 2 aliphatic rings. The van der Waals surface area contributed by atoms with Crippen molar-refractivity contribution in [2.24, 2.45) is 5.92 Å². The molecule has 0 radical (unpaired) electrons. The molecule has 0 N–H and O–H groups in total. The molecule has 1 saturated heterocycles. The molecule has 22 heavy (non-hydrogen) atoms. The Morgan fingerprint density at radius 3 is 2.45 bits per heavy atom. The monoisotopic (exact) mass is 310 g/mol. The van der Waals surface area contributed by atoms with Crippen molar-refractivity contribution in [1.82, 2.24) is 0 Å². The average Bonchev–Trinajstić information content (AvgIpc) is 3.32. The molecule has 128 valence electrons. The summed E-state index contributed by atoms with van der Waals surface area (Å²) in [5.74, 6) is 0.828. The normalized spacial score (nSPS) is 27.2. The van der Waals surface area contributed by atoms with Gasteiger partial charge in [0.15, 0.2) is 5.60 Å². The van der Waals surface area contributed by atoms with E-state index in [0.29, 0.717) is 6.61 Å². The summed E-state index contributed by atoms with van der Waals surface area (Å²) >= 11 is 0. The first kappa shape index (κ1) is 17.8.